The molecule has 0 saturated heterocycles. The molecule has 1 aliphatic carbocycles. The van der Waals surface area contributed by atoms with Crippen molar-refractivity contribution in [3.63, 3.8) is 0 Å². The molecule has 0 aliphatic heterocycles. The van der Waals surface area contributed by atoms with E-state index in [4.69, 9.17) is 0 Å². The Balaban J connectivity index is 2.18. The summed E-state index contributed by atoms with van der Waals surface area (Å²) in [6.45, 7) is 6.61. The van der Waals surface area contributed by atoms with Crippen LogP contribution in [-0.4, -0.2) is 20.9 Å². The first kappa shape index (κ1) is 13.8. The Morgan fingerprint density at radius 1 is 1.31 bits per heavy atom. The fraction of sp³-hybridized carbons (Fsp3) is 0.467. The van der Waals surface area contributed by atoms with Gasteiger partial charge >= 0.3 is 111 Å². The summed E-state index contributed by atoms with van der Waals surface area (Å²) in [4.78, 5) is 0. The summed E-state index contributed by atoms with van der Waals surface area (Å²) in [7, 11) is 0. The van der Waals surface area contributed by atoms with Gasteiger partial charge in [0.15, 0.2) is 0 Å². The van der Waals surface area contributed by atoms with E-state index in [2.05, 4.69) is 51.2 Å². The van der Waals surface area contributed by atoms with Gasteiger partial charge in [-0.25, -0.2) is 0 Å². The number of rotatable bonds is 6. The molecule has 1 heteroatoms. The van der Waals surface area contributed by atoms with Crippen LogP contribution in [-0.2, 0) is 0 Å². The van der Waals surface area contributed by atoms with E-state index in [1.807, 2.05) is 0 Å². The van der Waals surface area contributed by atoms with Crippen molar-refractivity contribution in [2.75, 3.05) is 0 Å². The molecule has 0 aromatic heterocycles. The van der Waals surface area contributed by atoms with E-state index >= 15 is 0 Å². The van der Waals surface area contributed by atoms with Gasteiger partial charge in [0.25, 0.3) is 0 Å². The van der Waals surface area contributed by atoms with Gasteiger partial charge in [-0.2, -0.15) is 0 Å². The van der Waals surface area contributed by atoms with Crippen molar-refractivity contribution in [2.24, 2.45) is 0 Å². The molecule has 0 aromatic carbocycles. The summed E-state index contributed by atoms with van der Waals surface area (Å²) in [6.07, 6.45) is 15.4. The molecule has 1 rings (SSSR count). The van der Waals surface area contributed by atoms with Crippen LogP contribution in [0.15, 0.2) is 45.1 Å². The Kier molecular flexibility index (Phi) is 6.85. The van der Waals surface area contributed by atoms with Crippen LogP contribution >= 0.6 is 0 Å². The minimum atomic E-state index is 0.0664. The van der Waals surface area contributed by atoms with Gasteiger partial charge in [0, 0.05) is 0 Å². The van der Waals surface area contributed by atoms with Gasteiger partial charge in [0.2, 0.25) is 0 Å². The van der Waals surface area contributed by atoms with Gasteiger partial charge in [0.05, 0.1) is 0 Å². The maximum atomic E-state index is 2.45. The van der Waals surface area contributed by atoms with E-state index in [0.717, 1.165) is 0 Å². The van der Waals surface area contributed by atoms with Crippen LogP contribution in [0.3, 0.4) is 0 Å². The standard InChI is InChI=1S/C15H22Te/c1-13(2)7-6-8-14(3)11-12-16-15-9-4-5-10-15/h4,7,9-11H,5-6,8,12H2,1-3H3/b14-11+. The summed E-state index contributed by atoms with van der Waals surface area (Å²) in [5.74, 6) is 0. The van der Waals surface area contributed by atoms with Crippen molar-refractivity contribution in [3.8, 4) is 0 Å². The molecule has 0 fully saturated rings. The zero-order chi connectivity index (χ0) is 11.8. The zero-order valence-corrected chi connectivity index (χ0v) is 13.0. The first-order valence-electron chi connectivity index (χ1n) is 5.97. The second kappa shape index (κ2) is 7.93. The first-order valence-corrected chi connectivity index (χ1v) is 8.78. The van der Waals surface area contributed by atoms with Crippen molar-refractivity contribution in [1.29, 1.82) is 0 Å². The third-order valence-electron chi connectivity index (χ3n) is 2.51. The van der Waals surface area contributed by atoms with Crippen molar-refractivity contribution in [1.82, 2.24) is 0 Å². The molecule has 0 radical (unpaired) electrons. The molecular weight excluding hydrogens is 308 g/mol. The number of hydrogen-bond acceptors (Lipinski definition) is 0. The van der Waals surface area contributed by atoms with Gasteiger partial charge in [-0.3, -0.25) is 0 Å². The van der Waals surface area contributed by atoms with Crippen LogP contribution < -0.4 is 0 Å². The van der Waals surface area contributed by atoms with Crippen molar-refractivity contribution in [3.05, 3.63) is 45.1 Å². The molecule has 0 nitrogen and oxygen atoms in total. The molecule has 0 spiro atoms. The third-order valence-corrected chi connectivity index (χ3v) is 5.28. The van der Waals surface area contributed by atoms with Gasteiger partial charge in [0.1, 0.15) is 0 Å². The van der Waals surface area contributed by atoms with Crippen LogP contribution in [0.25, 0.3) is 0 Å². The average molecular weight is 330 g/mol. The Morgan fingerprint density at radius 3 is 2.75 bits per heavy atom. The van der Waals surface area contributed by atoms with Crippen LogP contribution in [0.2, 0.25) is 4.47 Å². The molecule has 16 heavy (non-hydrogen) atoms. The summed E-state index contributed by atoms with van der Waals surface area (Å²) in [6, 6.07) is 0. The molecule has 0 saturated carbocycles. The van der Waals surface area contributed by atoms with Crippen LogP contribution in [0.4, 0.5) is 0 Å². The molecule has 88 valence electrons. The van der Waals surface area contributed by atoms with E-state index in [-0.39, 0.29) is 20.9 Å². The molecular formula is C15H22Te. The van der Waals surface area contributed by atoms with E-state index in [0.29, 0.717) is 0 Å². The predicted molar refractivity (Wildman–Crippen MR) is 74.8 cm³/mol. The molecule has 0 atom stereocenters. The molecule has 0 bridgehead atoms. The van der Waals surface area contributed by atoms with Gasteiger partial charge < -0.3 is 0 Å². The molecule has 0 heterocycles. The fourth-order valence-electron chi connectivity index (χ4n) is 1.51. The van der Waals surface area contributed by atoms with Crippen LogP contribution in [0.5, 0.6) is 0 Å². The fourth-order valence-corrected chi connectivity index (χ4v) is 4.27. The average Bonchev–Trinajstić information content (AvgIpc) is 2.70. The quantitative estimate of drug-likeness (QED) is 0.491. The summed E-state index contributed by atoms with van der Waals surface area (Å²) in [5.41, 5.74) is 2.99. The van der Waals surface area contributed by atoms with Gasteiger partial charge in [-0.15, -0.1) is 0 Å². The number of allylic oxidation sites excluding steroid dienone is 8. The molecule has 1 aliphatic rings. The summed E-state index contributed by atoms with van der Waals surface area (Å²) in [5, 5.41) is 0. The molecule has 0 aromatic rings. The number of hydrogen-bond donors (Lipinski definition) is 0. The van der Waals surface area contributed by atoms with Crippen LogP contribution in [0.1, 0.15) is 40.0 Å². The third kappa shape index (κ3) is 6.36. The second-order valence-corrected chi connectivity index (χ2v) is 7.55. The van der Waals surface area contributed by atoms with E-state index in [9.17, 15) is 0 Å². The van der Waals surface area contributed by atoms with Crippen molar-refractivity contribution < 1.29 is 0 Å². The molecule has 0 amide bonds. The molecule has 0 N–H and O–H groups in total. The Hall–Kier alpha value is -0.250. The maximum absolute atomic E-state index is 2.45. The van der Waals surface area contributed by atoms with E-state index in [1.165, 1.54) is 29.3 Å². The summed E-state index contributed by atoms with van der Waals surface area (Å²) < 4.78 is 2.96. The second-order valence-electron chi connectivity index (χ2n) is 4.43. The Bertz CT molecular complexity index is 325. The topological polar surface area (TPSA) is 0 Å². The van der Waals surface area contributed by atoms with Gasteiger partial charge in [-0.1, -0.05) is 0 Å². The predicted octanol–water partition coefficient (Wildman–Crippen LogP) is 4.65. The van der Waals surface area contributed by atoms with Crippen molar-refractivity contribution >= 4 is 20.9 Å². The zero-order valence-electron chi connectivity index (χ0n) is 10.6. The van der Waals surface area contributed by atoms with Crippen molar-refractivity contribution in [2.45, 2.75) is 44.5 Å². The van der Waals surface area contributed by atoms with E-state index < -0.39 is 0 Å². The molecule has 0 unspecified atom stereocenters. The Morgan fingerprint density at radius 2 is 2.12 bits per heavy atom. The van der Waals surface area contributed by atoms with E-state index in [1.54, 1.807) is 9.19 Å². The monoisotopic (exact) mass is 332 g/mol. The van der Waals surface area contributed by atoms with Crippen LogP contribution in [0, 0.1) is 0 Å². The normalized spacial score (nSPS) is 15.2. The minimum absolute atomic E-state index is 0.0664. The van der Waals surface area contributed by atoms with Gasteiger partial charge in [-0.05, 0) is 0 Å². The SMILES string of the molecule is CC(C)=CCC/C(C)=C/C[Te]C1=CCC=C1. The Labute approximate surface area is 110 Å². The summed E-state index contributed by atoms with van der Waals surface area (Å²) >= 11 is 0.0664. The first-order chi connectivity index (χ1) is 7.68.